The van der Waals surface area contributed by atoms with Gasteiger partial charge in [-0.15, -0.1) is 0 Å². The molecule has 19 heavy (non-hydrogen) atoms. The van der Waals surface area contributed by atoms with Crippen molar-refractivity contribution >= 4 is 5.91 Å². The lowest BCUT2D eigenvalue weighted by molar-refractivity contribution is 0.0688. The van der Waals surface area contributed by atoms with Crippen molar-refractivity contribution in [2.75, 3.05) is 13.1 Å². The highest BCUT2D eigenvalue weighted by Crippen LogP contribution is 2.25. The molecule has 2 rings (SSSR count). The van der Waals surface area contributed by atoms with Gasteiger partial charge in [-0.05, 0) is 49.9 Å². The van der Waals surface area contributed by atoms with Gasteiger partial charge in [0.05, 0.1) is 0 Å². The summed E-state index contributed by atoms with van der Waals surface area (Å²) in [6, 6.07) is 6.34. The molecule has 0 radical (unpaired) electrons. The van der Waals surface area contributed by atoms with E-state index >= 15 is 0 Å². The van der Waals surface area contributed by atoms with Gasteiger partial charge in [-0.25, -0.2) is 0 Å². The Labute approximate surface area is 115 Å². The zero-order valence-corrected chi connectivity index (χ0v) is 12.0. The molecule has 1 fully saturated rings. The molecule has 1 aliphatic carbocycles. The van der Waals surface area contributed by atoms with E-state index in [9.17, 15) is 4.79 Å². The van der Waals surface area contributed by atoms with Crippen LogP contribution in [-0.2, 0) is 0 Å². The molecule has 1 aromatic rings. The van der Waals surface area contributed by atoms with Gasteiger partial charge in [0, 0.05) is 24.7 Å². The van der Waals surface area contributed by atoms with E-state index in [1.165, 1.54) is 24.0 Å². The van der Waals surface area contributed by atoms with Crippen LogP contribution in [0.3, 0.4) is 0 Å². The summed E-state index contributed by atoms with van der Waals surface area (Å²) in [4.78, 5) is 14.6. The maximum Gasteiger partial charge on any atom is 0.254 e. The molecule has 0 saturated heterocycles. The number of benzene rings is 1. The molecular weight excluding hydrogens is 236 g/mol. The molecule has 1 aliphatic rings. The minimum absolute atomic E-state index is 0.139. The predicted molar refractivity (Wildman–Crippen MR) is 78.3 cm³/mol. The lowest BCUT2D eigenvalue weighted by Gasteiger charge is -2.29. The van der Waals surface area contributed by atoms with E-state index in [0.717, 1.165) is 18.4 Å². The van der Waals surface area contributed by atoms with Gasteiger partial charge in [-0.3, -0.25) is 4.79 Å². The van der Waals surface area contributed by atoms with Crippen LogP contribution in [-0.4, -0.2) is 29.9 Å². The van der Waals surface area contributed by atoms with Crippen molar-refractivity contribution < 1.29 is 4.79 Å². The van der Waals surface area contributed by atoms with Crippen LogP contribution in [0.15, 0.2) is 18.2 Å². The fraction of sp³-hybridized carbons (Fsp3) is 0.562. The molecule has 3 nitrogen and oxygen atoms in total. The minimum Gasteiger partial charge on any atom is -0.334 e. The lowest BCUT2D eigenvalue weighted by atomic mass is 10.0. The monoisotopic (exact) mass is 260 g/mol. The van der Waals surface area contributed by atoms with Crippen LogP contribution in [0, 0.1) is 13.8 Å². The van der Waals surface area contributed by atoms with Gasteiger partial charge in [0.25, 0.3) is 5.91 Å². The fourth-order valence-electron chi connectivity index (χ4n) is 2.85. The van der Waals surface area contributed by atoms with Gasteiger partial charge in [0.2, 0.25) is 0 Å². The Morgan fingerprint density at radius 3 is 2.53 bits per heavy atom. The maximum atomic E-state index is 12.7. The number of nitrogens with zero attached hydrogens (tertiary/aromatic N) is 1. The first kappa shape index (κ1) is 14.1. The van der Waals surface area contributed by atoms with E-state index < -0.39 is 0 Å². The minimum atomic E-state index is 0.139. The zero-order valence-electron chi connectivity index (χ0n) is 12.0. The zero-order chi connectivity index (χ0) is 13.8. The summed E-state index contributed by atoms with van der Waals surface area (Å²) in [5, 5.41) is 0. The molecule has 0 heterocycles. The molecule has 1 saturated carbocycles. The Hall–Kier alpha value is -1.35. The average Bonchev–Trinajstić information content (AvgIpc) is 2.92. The van der Waals surface area contributed by atoms with Crippen LogP contribution < -0.4 is 5.73 Å². The smallest absolute Gasteiger partial charge is 0.254 e. The van der Waals surface area contributed by atoms with Gasteiger partial charge >= 0.3 is 0 Å². The van der Waals surface area contributed by atoms with Gasteiger partial charge in [-0.1, -0.05) is 18.9 Å². The highest BCUT2D eigenvalue weighted by Gasteiger charge is 2.26. The number of hydrogen-bond donors (Lipinski definition) is 1. The SMILES string of the molecule is Cc1ccc(C(=O)N(CCN)C2CCCC2)cc1C. The van der Waals surface area contributed by atoms with Gasteiger partial charge in [-0.2, -0.15) is 0 Å². The highest BCUT2D eigenvalue weighted by molar-refractivity contribution is 5.94. The highest BCUT2D eigenvalue weighted by atomic mass is 16.2. The average molecular weight is 260 g/mol. The van der Waals surface area contributed by atoms with Crippen molar-refractivity contribution in [2.24, 2.45) is 5.73 Å². The van der Waals surface area contributed by atoms with Crippen molar-refractivity contribution in [1.82, 2.24) is 4.90 Å². The summed E-state index contributed by atoms with van der Waals surface area (Å²) >= 11 is 0. The number of amides is 1. The van der Waals surface area contributed by atoms with E-state index in [-0.39, 0.29) is 5.91 Å². The Kier molecular flexibility index (Phi) is 4.59. The molecule has 3 heteroatoms. The third-order valence-electron chi connectivity index (χ3n) is 4.15. The molecule has 2 N–H and O–H groups in total. The summed E-state index contributed by atoms with van der Waals surface area (Å²) in [7, 11) is 0. The molecular formula is C16H24N2O. The summed E-state index contributed by atoms with van der Waals surface area (Å²) < 4.78 is 0. The van der Waals surface area contributed by atoms with Crippen LogP contribution in [0.25, 0.3) is 0 Å². The van der Waals surface area contributed by atoms with Crippen LogP contribution in [0.4, 0.5) is 0 Å². The first-order chi connectivity index (χ1) is 9.13. The maximum absolute atomic E-state index is 12.7. The standard InChI is InChI=1S/C16H24N2O/c1-12-7-8-14(11-13(12)2)16(19)18(10-9-17)15-5-3-4-6-15/h7-8,11,15H,3-6,9-10,17H2,1-2H3. The Bertz CT molecular complexity index is 450. The van der Waals surface area contributed by atoms with Crippen LogP contribution in [0.5, 0.6) is 0 Å². The molecule has 0 aliphatic heterocycles. The van der Waals surface area contributed by atoms with Gasteiger partial charge in [0.1, 0.15) is 0 Å². The number of carbonyl (C=O) groups excluding carboxylic acids is 1. The number of hydrogen-bond acceptors (Lipinski definition) is 2. The Morgan fingerprint density at radius 2 is 1.95 bits per heavy atom. The second kappa shape index (κ2) is 6.20. The van der Waals surface area contributed by atoms with Crippen molar-refractivity contribution in [3.8, 4) is 0 Å². The molecule has 0 spiro atoms. The van der Waals surface area contributed by atoms with Crippen molar-refractivity contribution in [3.05, 3.63) is 34.9 Å². The molecule has 1 aromatic carbocycles. The summed E-state index contributed by atoms with van der Waals surface area (Å²) in [5.74, 6) is 0.139. The van der Waals surface area contributed by atoms with Crippen molar-refractivity contribution in [1.29, 1.82) is 0 Å². The van der Waals surface area contributed by atoms with E-state index in [1.807, 2.05) is 23.1 Å². The molecule has 1 amide bonds. The first-order valence-corrected chi connectivity index (χ1v) is 7.21. The summed E-state index contributed by atoms with van der Waals surface area (Å²) in [5.41, 5.74) is 8.86. The summed E-state index contributed by atoms with van der Waals surface area (Å²) in [6.45, 7) is 5.32. The van der Waals surface area contributed by atoms with Crippen LogP contribution in [0.1, 0.15) is 47.2 Å². The predicted octanol–water partition coefficient (Wildman–Crippen LogP) is 2.65. The topological polar surface area (TPSA) is 46.3 Å². The van der Waals surface area contributed by atoms with Crippen LogP contribution >= 0.6 is 0 Å². The first-order valence-electron chi connectivity index (χ1n) is 7.21. The molecule has 0 bridgehead atoms. The van der Waals surface area contributed by atoms with E-state index in [0.29, 0.717) is 19.1 Å². The number of rotatable bonds is 4. The Balaban J connectivity index is 2.20. The van der Waals surface area contributed by atoms with Crippen molar-refractivity contribution in [2.45, 2.75) is 45.6 Å². The number of aryl methyl sites for hydroxylation is 2. The second-order valence-electron chi connectivity index (χ2n) is 5.52. The second-order valence-corrected chi connectivity index (χ2v) is 5.52. The molecule has 0 atom stereocenters. The van der Waals surface area contributed by atoms with E-state index in [1.54, 1.807) is 0 Å². The summed E-state index contributed by atoms with van der Waals surface area (Å²) in [6.07, 6.45) is 4.70. The molecule has 104 valence electrons. The van der Waals surface area contributed by atoms with E-state index in [4.69, 9.17) is 5.73 Å². The Morgan fingerprint density at radius 1 is 1.26 bits per heavy atom. The van der Waals surface area contributed by atoms with E-state index in [2.05, 4.69) is 13.8 Å². The third kappa shape index (κ3) is 3.16. The number of carbonyl (C=O) groups is 1. The molecule has 0 aromatic heterocycles. The van der Waals surface area contributed by atoms with Gasteiger partial charge in [0.15, 0.2) is 0 Å². The largest absolute Gasteiger partial charge is 0.334 e. The van der Waals surface area contributed by atoms with Crippen LogP contribution in [0.2, 0.25) is 0 Å². The number of nitrogens with two attached hydrogens (primary N) is 1. The normalized spacial score (nSPS) is 15.7. The quantitative estimate of drug-likeness (QED) is 0.904. The third-order valence-corrected chi connectivity index (χ3v) is 4.15. The van der Waals surface area contributed by atoms with Crippen molar-refractivity contribution in [3.63, 3.8) is 0 Å². The fourth-order valence-corrected chi connectivity index (χ4v) is 2.85. The molecule has 0 unspecified atom stereocenters. The van der Waals surface area contributed by atoms with Gasteiger partial charge < -0.3 is 10.6 Å². The lowest BCUT2D eigenvalue weighted by Crippen LogP contribution is -2.42.